The highest BCUT2D eigenvalue weighted by atomic mass is 32.2. The molecule has 1 atom stereocenters. The third-order valence-electron chi connectivity index (χ3n) is 3.16. The van der Waals surface area contributed by atoms with Crippen molar-refractivity contribution < 1.29 is 4.74 Å². The van der Waals surface area contributed by atoms with Gasteiger partial charge in [0.15, 0.2) is 0 Å². The Morgan fingerprint density at radius 3 is 2.47 bits per heavy atom. The second kappa shape index (κ2) is 5.49. The number of aliphatic imine (C=N–C) groups is 1. The summed E-state index contributed by atoms with van der Waals surface area (Å²) in [7, 11) is 1.68. The van der Waals surface area contributed by atoms with Crippen molar-refractivity contribution in [2.24, 2.45) is 4.99 Å². The quantitative estimate of drug-likeness (QED) is 0.842. The highest BCUT2D eigenvalue weighted by molar-refractivity contribution is 8.14. The van der Waals surface area contributed by atoms with Crippen LogP contribution in [0.3, 0.4) is 0 Å². The van der Waals surface area contributed by atoms with Gasteiger partial charge in [0.05, 0.1) is 23.9 Å². The third-order valence-corrected chi connectivity index (χ3v) is 4.46. The molecule has 3 rings (SSSR count). The van der Waals surface area contributed by atoms with Gasteiger partial charge in [-0.05, 0) is 29.8 Å². The topological polar surface area (TPSA) is 21.6 Å². The number of methoxy groups -OCH3 is 1. The average Bonchev–Trinajstić information content (AvgIpc) is 2.98. The fraction of sp³-hybridized carbons (Fsp3) is 0.188. The van der Waals surface area contributed by atoms with E-state index in [-0.39, 0.29) is 0 Å². The SMILES string of the molecule is COc1ccc(C2=NCC(c3ccccc3)S2)cc1. The zero-order chi connectivity index (χ0) is 13.1. The third kappa shape index (κ3) is 2.66. The summed E-state index contributed by atoms with van der Waals surface area (Å²) in [6.45, 7) is 0.857. The van der Waals surface area contributed by atoms with E-state index in [0.29, 0.717) is 5.25 Å². The van der Waals surface area contributed by atoms with E-state index >= 15 is 0 Å². The van der Waals surface area contributed by atoms with Crippen molar-refractivity contribution in [1.82, 2.24) is 0 Å². The summed E-state index contributed by atoms with van der Waals surface area (Å²) in [5.41, 5.74) is 2.52. The Bertz CT molecular complexity index is 577. The van der Waals surface area contributed by atoms with Crippen molar-refractivity contribution in [3.63, 3.8) is 0 Å². The van der Waals surface area contributed by atoms with Gasteiger partial charge < -0.3 is 4.74 Å². The smallest absolute Gasteiger partial charge is 0.118 e. The molecule has 0 saturated carbocycles. The predicted octanol–water partition coefficient (Wildman–Crippen LogP) is 3.93. The first kappa shape index (κ1) is 12.3. The molecule has 1 aliphatic heterocycles. The van der Waals surface area contributed by atoms with Gasteiger partial charge in [0.1, 0.15) is 5.75 Å². The Labute approximate surface area is 117 Å². The van der Waals surface area contributed by atoms with Crippen molar-refractivity contribution in [1.29, 1.82) is 0 Å². The van der Waals surface area contributed by atoms with Gasteiger partial charge in [-0.3, -0.25) is 4.99 Å². The summed E-state index contributed by atoms with van der Waals surface area (Å²) in [5, 5.41) is 1.56. The van der Waals surface area contributed by atoms with E-state index in [1.807, 2.05) is 30.0 Å². The van der Waals surface area contributed by atoms with Crippen LogP contribution in [0.5, 0.6) is 5.75 Å². The maximum Gasteiger partial charge on any atom is 0.118 e. The molecule has 0 aromatic heterocycles. The van der Waals surface area contributed by atoms with Gasteiger partial charge >= 0.3 is 0 Å². The van der Waals surface area contributed by atoms with Crippen molar-refractivity contribution in [3.8, 4) is 5.75 Å². The number of thioether (sulfide) groups is 1. The summed E-state index contributed by atoms with van der Waals surface area (Å²) in [6, 6.07) is 18.7. The number of ether oxygens (including phenoxy) is 1. The molecule has 0 saturated heterocycles. The van der Waals surface area contributed by atoms with E-state index < -0.39 is 0 Å². The van der Waals surface area contributed by atoms with Crippen molar-refractivity contribution in [2.75, 3.05) is 13.7 Å². The summed E-state index contributed by atoms with van der Waals surface area (Å²) in [5.74, 6) is 0.881. The van der Waals surface area contributed by atoms with E-state index in [9.17, 15) is 0 Å². The second-order valence-electron chi connectivity index (χ2n) is 4.39. The van der Waals surface area contributed by atoms with Crippen molar-refractivity contribution in [3.05, 3.63) is 65.7 Å². The molecule has 2 nitrogen and oxygen atoms in total. The Hall–Kier alpha value is -1.74. The van der Waals surface area contributed by atoms with Crippen LogP contribution in [0.15, 0.2) is 59.6 Å². The highest BCUT2D eigenvalue weighted by Crippen LogP contribution is 2.37. The molecule has 3 heteroatoms. The molecule has 1 unspecified atom stereocenters. The molecule has 0 N–H and O–H groups in total. The van der Waals surface area contributed by atoms with Crippen LogP contribution in [0.4, 0.5) is 0 Å². The minimum Gasteiger partial charge on any atom is -0.497 e. The molecule has 19 heavy (non-hydrogen) atoms. The lowest BCUT2D eigenvalue weighted by molar-refractivity contribution is 0.415. The summed E-state index contributed by atoms with van der Waals surface area (Å²) >= 11 is 1.84. The van der Waals surface area contributed by atoms with Crippen LogP contribution in [0.2, 0.25) is 0 Å². The molecule has 0 aliphatic carbocycles. The van der Waals surface area contributed by atoms with Crippen molar-refractivity contribution >= 4 is 16.8 Å². The number of hydrogen-bond donors (Lipinski definition) is 0. The Morgan fingerprint density at radius 1 is 1.05 bits per heavy atom. The van der Waals surface area contributed by atoms with Gasteiger partial charge in [0.25, 0.3) is 0 Å². The van der Waals surface area contributed by atoms with Gasteiger partial charge in [0, 0.05) is 5.56 Å². The largest absolute Gasteiger partial charge is 0.497 e. The molecule has 0 radical (unpaired) electrons. The van der Waals surface area contributed by atoms with Gasteiger partial charge in [-0.2, -0.15) is 0 Å². The normalized spacial score (nSPS) is 18.2. The molecular formula is C16H15NOS. The van der Waals surface area contributed by atoms with Crippen molar-refractivity contribution in [2.45, 2.75) is 5.25 Å². The van der Waals surface area contributed by atoms with Crippen LogP contribution >= 0.6 is 11.8 Å². The van der Waals surface area contributed by atoms with Crippen LogP contribution in [0.1, 0.15) is 16.4 Å². The van der Waals surface area contributed by atoms with Gasteiger partial charge in [-0.25, -0.2) is 0 Å². The van der Waals surface area contributed by atoms with E-state index in [0.717, 1.165) is 17.3 Å². The van der Waals surface area contributed by atoms with Gasteiger partial charge in [0.2, 0.25) is 0 Å². The minimum atomic E-state index is 0.443. The monoisotopic (exact) mass is 269 g/mol. The number of benzene rings is 2. The van der Waals surface area contributed by atoms with E-state index in [2.05, 4.69) is 41.4 Å². The lowest BCUT2D eigenvalue weighted by atomic mass is 10.1. The molecular weight excluding hydrogens is 254 g/mol. The fourth-order valence-corrected chi connectivity index (χ4v) is 3.24. The lowest BCUT2D eigenvalue weighted by Crippen LogP contribution is -1.95. The second-order valence-corrected chi connectivity index (χ2v) is 5.58. The molecule has 0 bridgehead atoms. The molecule has 0 amide bonds. The first-order valence-corrected chi connectivity index (χ1v) is 7.15. The van der Waals surface area contributed by atoms with Crippen LogP contribution in [0.25, 0.3) is 0 Å². The first-order chi connectivity index (χ1) is 9.36. The zero-order valence-electron chi connectivity index (χ0n) is 10.7. The number of nitrogens with zero attached hydrogens (tertiary/aromatic N) is 1. The zero-order valence-corrected chi connectivity index (χ0v) is 11.6. The standard InChI is InChI=1S/C16H15NOS/c1-18-14-9-7-13(8-10-14)16-17-11-15(19-16)12-5-3-2-4-6-12/h2-10,15H,11H2,1H3. The van der Waals surface area contributed by atoms with E-state index in [1.165, 1.54) is 11.1 Å². The molecule has 0 fully saturated rings. The molecule has 1 aliphatic rings. The summed E-state index contributed by atoms with van der Waals surface area (Å²) in [4.78, 5) is 4.66. The van der Waals surface area contributed by atoms with Gasteiger partial charge in [-0.15, -0.1) is 0 Å². The minimum absolute atomic E-state index is 0.443. The maximum atomic E-state index is 5.18. The summed E-state index contributed by atoms with van der Waals surface area (Å²) < 4.78 is 5.18. The molecule has 96 valence electrons. The Kier molecular flexibility index (Phi) is 3.56. The van der Waals surface area contributed by atoms with E-state index in [4.69, 9.17) is 4.74 Å². The number of rotatable bonds is 3. The van der Waals surface area contributed by atoms with E-state index in [1.54, 1.807) is 7.11 Å². The first-order valence-electron chi connectivity index (χ1n) is 6.27. The molecule has 2 aromatic rings. The van der Waals surface area contributed by atoms with Crippen LogP contribution in [-0.4, -0.2) is 18.7 Å². The van der Waals surface area contributed by atoms with Crippen LogP contribution in [-0.2, 0) is 0 Å². The van der Waals surface area contributed by atoms with Gasteiger partial charge in [-0.1, -0.05) is 42.1 Å². The predicted molar refractivity (Wildman–Crippen MR) is 81.2 cm³/mol. The fourth-order valence-electron chi connectivity index (χ4n) is 2.11. The van der Waals surface area contributed by atoms with Crippen LogP contribution < -0.4 is 4.74 Å². The molecule has 1 heterocycles. The Morgan fingerprint density at radius 2 is 1.79 bits per heavy atom. The van der Waals surface area contributed by atoms with Crippen LogP contribution in [0, 0.1) is 0 Å². The lowest BCUT2D eigenvalue weighted by Gasteiger charge is -2.08. The maximum absolute atomic E-state index is 5.18. The number of hydrogen-bond acceptors (Lipinski definition) is 3. The Balaban J connectivity index is 1.74. The summed E-state index contributed by atoms with van der Waals surface area (Å²) in [6.07, 6.45) is 0. The molecule has 2 aromatic carbocycles. The average molecular weight is 269 g/mol. The molecule has 0 spiro atoms. The highest BCUT2D eigenvalue weighted by Gasteiger charge is 2.21.